The van der Waals surface area contributed by atoms with Crippen LogP contribution in [-0.4, -0.2) is 10.2 Å². The maximum absolute atomic E-state index is 13.5. The van der Waals surface area contributed by atoms with Crippen molar-refractivity contribution < 1.29 is 4.39 Å². The number of benzene rings is 1. The number of nitrogens with one attached hydrogen (secondary N) is 1. The number of amidine groups is 1. The molecule has 0 saturated carbocycles. The van der Waals surface area contributed by atoms with Crippen molar-refractivity contribution in [2.45, 2.75) is 5.75 Å². The Morgan fingerprint density at radius 2 is 2.25 bits per heavy atom. The average molecular weight is 235 g/mol. The number of nitrogens with two attached hydrogens (primary N) is 1. The van der Waals surface area contributed by atoms with Crippen molar-refractivity contribution in [2.75, 3.05) is 0 Å². The summed E-state index contributed by atoms with van der Waals surface area (Å²) in [6.45, 7) is 0. The normalized spacial score (nSPS) is 10.6. The lowest BCUT2D eigenvalue weighted by molar-refractivity contribution is 0.639. The molecule has 0 fully saturated rings. The van der Waals surface area contributed by atoms with Gasteiger partial charge >= 0.3 is 0 Å². The van der Waals surface area contributed by atoms with Gasteiger partial charge in [-0.2, -0.15) is 0 Å². The van der Waals surface area contributed by atoms with Crippen LogP contribution in [-0.2, 0) is 5.75 Å². The Kier molecular flexibility index (Phi) is 3.05. The lowest BCUT2D eigenvalue weighted by Crippen LogP contribution is -2.04. The van der Waals surface area contributed by atoms with Gasteiger partial charge in [-0.15, -0.1) is 0 Å². The van der Waals surface area contributed by atoms with Crippen LogP contribution in [0.4, 0.5) is 4.39 Å². The van der Waals surface area contributed by atoms with E-state index in [1.807, 2.05) is 0 Å². The molecule has 0 radical (unpaired) electrons. The second-order valence-electron chi connectivity index (χ2n) is 3.26. The Morgan fingerprint density at radius 1 is 1.44 bits per heavy atom. The molecule has 0 saturated heterocycles. The quantitative estimate of drug-likeness (QED) is 0.621. The van der Waals surface area contributed by atoms with E-state index in [-0.39, 0.29) is 11.0 Å². The Balaban J connectivity index is 2.46. The number of hydrogen-bond acceptors (Lipinski definition) is 3. The molecular formula is C11H10FN3S. The molecule has 0 unspecified atom stereocenters. The van der Waals surface area contributed by atoms with E-state index in [2.05, 4.69) is 4.98 Å². The predicted molar refractivity (Wildman–Crippen MR) is 64.9 cm³/mol. The number of fused-ring (bicyclic) bond motifs is 1. The van der Waals surface area contributed by atoms with Gasteiger partial charge < -0.3 is 5.73 Å². The molecule has 0 aliphatic carbocycles. The maximum Gasteiger partial charge on any atom is 0.151 e. The Labute approximate surface area is 96.4 Å². The second kappa shape index (κ2) is 4.49. The van der Waals surface area contributed by atoms with Crippen LogP contribution in [0.15, 0.2) is 30.5 Å². The van der Waals surface area contributed by atoms with E-state index >= 15 is 0 Å². The Morgan fingerprint density at radius 3 is 3.00 bits per heavy atom. The first-order valence-electron chi connectivity index (χ1n) is 4.67. The van der Waals surface area contributed by atoms with Crippen LogP contribution in [0.3, 0.4) is 0 Å². The van der Waals surface area contributed by atoms with E-state index in [0.717, 1.165) is 5.56 Å². The molecule has 2 aromatic rings. The highest BCUT2D eigenvalue weighted by Crippen LogP contribution is 2.22. The third-order valence-electron chi connectivity index (χ3n) is 2.18. The number of halogens is 1. The second-order valence-corrected chi connectivity index (χ2v) is 4.28. The average Bonchev–Trinajstić information content (AvgIpc) is 2.28. The van der Waals surface area contributed by atoms with E-state index in [1.54, 1.807) is 24.4 Å². The molecule has 0 bridgehead atoms. The van der Waals surface area contributed by atoms with E-state index < -0.39 is 0 Å². The minimum atomic E-state index is -0.278. The van der Waals surface area contributed by atoms with Crippen LogP contribution in [0, 0.1) is 11.2 Å². The number of rotatable bonds is 2. The highest BCUT2D eigenvalue weighted by Gasteiger charge is 2.06. The van der Waals surface area contributed by atoms with Gasteiger partial charge in [0, 0.05) is 17.3 Å². The standard InChI is InChI=1S/C11H10FN3S/c12-9-4-3-7(6-16-11(13)14)10-8(9)2-1-5-15-10/h1-5H,6H2,(H3,13,14). The van der Waals surface area contributed by atoms with Crippen LogP contribution in [0.1, 0.15) is 5.56 Å². The van der Waals surface area contributed by atoms with Crippen LogP contribution < -0.4 is 5.73 Å². The molecule has 0 aliphatic heterocycles. The van der Waals surface area contributed by atoms with Gasteiger partial charge in [-0.05, 0) is 23.8 Å². The van der Waals surface area contributed by atoms with Crippen molar-refractivity contribution in [3.8, 4) is 0 Å². The third-order valence-corrected chi connectivity index (χ3v) is 2.95. The summed E-state index contributed by atoms with van der Waals surface area (Å²) < 4.78 is 13.5. The number of aromatic nitrogens is 1. The van der Waals surface area contributed by atoms with E-state index in [4.69, 9.17) is 11.1 Å². The predicted octanol–water partition coefficient (Wildman–Crippen LogP) is 2.50. The smallest absolute Gasteiger partial charge is 0.151 e. The van der Waals surface area contributed by atoms with Gasteiger partial charge in [0.25, 0.3) is 0 Å². The van der Waals surface area contributed by atoms with Crippen molar-refractivity contribution in [2.24, 2.45) is 5.73 Å². The van der Waals surface area contributed by atoms with Crippen LogP contribution >= 0.6 is 11.8 Å². The first-order chi connectivity index (χ1) is 7.68. The first kappa shape index (κ1) is 10.9. The molecule has 1 aromatic heterocycles. The van der Waals surface area contributed by atoms with Crippen molar-refractivity contribution in [1.82, 2.24) is 4.98 Å². The van der Waals surface area contributed by atoms with Gasteiger partial charge in [0.05, 0.1) is 5.52 Å². The highest BCUT2D eigenvalue weighted by atomic mass is 32.2. The Bertz CT molecular complexity index is 542. The molecule has 0 aliphatic rings. The van der Waals surface area contributed by atoms with Crippen molar-refractivity contribution >= 4 is 27.8 Å². The zero-order chi connectivity index (χ0) is 11.5. The molecule has 82 valence electrons. The van der Waals surface area contributed by atoms with E-state index in [0.29, 0.717) is 16.7 Å². The SMILES string of the molecule is N=C(N)SCc1ccc(F)c2cccnc12. The summed E-state index contributed by atoms with van der Waals surface area (Å²) in [5.41, 5.74) is 6.79. The molecule has 2 rings (SSSR count). The molecule has 0 spiro atoms. The number of hydrogen-bond donors (Lipinski definition) is 2. The van der Waals surface area contributed by atoms with Crippen LogP contribution in [0.2, 0.25) is 0 Å². The van der Waals surface area contributed by atoms with Crippen LogP contribution in [0.25, 0.3) is 10.9 Å². The number of nitrogens with zero attached hydrogens (tertiary/aromatic N) is 1. The number of pyridine rings is 1. The summed E-state index contributed by atoms with van der Waals surface area (Å²) in [5.74, 6) is 0.253. The first-order valence-corrected chi connectivity index (χ1v) is 5.66. The van der Waals surface area contributed by atoms with Gasteiger partial charge in [-0.1, -0.05) is 17.8 Å². The summed E-state index contributed by atoms with van der Waals surface area (Å²) in [6, 6.07) is 6.49. The number of thioether (sulfide) groups is 1. The van der Waals surface area contributed by atoms with E-state index in [9.17, 15) is 4.39 Å². The summed E-state index contributed by atoms with van der Waals surface area (Å²) >= 11 is 1.20. The van der Waals surface area contributed by atoms with Gasteiger partial charge in [0.15, 0.2) is 5.17 Å². The van der Waals surface area contributed by atoms with Gasteiger partial charge in [0.1, 0.15) is 5.82 Å². The molecule has 3 N–H and O–H groups in total. The molecule has 1 heterocycles. The lowest BCUT2D eigenvalue weighted by Gasteiger charge is -2.05. The molecule has 3 nitrogen and oxygen atoms in total. The minimum absolute atomic E-state index is 0.0495. The highest BCUT2D eigenvalue weighted by molar-refractivity contribution is 8.13. The maximum atomic E-state index is 13.5. The molecule has 1 aromatic carbocycles. The fraction of sp³-hybridized carbons (Fsp3) is 0.0909. The molecular weight excluding hydrogens is 225 g/mol. The van der Waals surface area contributed by atoms with Crippen molar-refractivity contribution in [3.05, 3.63) is 41.8 Å². The monoisotopic (exact) mass is 235 g/mol. The zero-order valence-corrected chi connectivity index (χ0v) is 9.22. The van der Waals surface area contributed by atoms with Gasteiger partial charge in [-0.3, -0.25) is 10.4 Å². The minimum Gasteiger partial charge on any atom is -0.379 e. The topological polar surface area (TPSA) is 62.8 Å². The summed E-state index contributed by atoms with van der Waals surface area (Å²) in [4.78, 5) is 4.16. The summed E-state index contributed by atoms with van der Waals surface area (Å²) in [7, 11) is 0. The fourth-order valence-electron chi connectivity index (χ4n) is 1.47. The lowest BCUT2D eigenvalue weighted by atomic mass is 10.1. The van der Waals surface area contributed by atoms with Crippen molar-refractivity contribution in [1.29, 1.82) is 5.41 Å². The van der Waals surface area contributed by atoms with Crippen LogP contribution in [0.5, 0.6) is 0 Å². The van der Waals surface area contributed by atoms with Crippen molar-refractivity contribution in [3.63, 3.8) is 0 Å². The zero-order valence-electron chi connectivity index (χ0n) is 8.40. The summed E-state index contributed by atoms with van der Waals surface area (Å²) in [6.07, 6.45) is 1.63. The molecule has 5 heteroatoms. The molecule has 0 atom stereocenters. The summed E-state index contributed by atoms with van der Waals surface area (Å²) in [5, 5.41) is 7.69. The van der Waals surface area contributed by atoms with E-state index in [1.165, 1.54) is 17.8 Å². The third kappa shape index (κ3) is 2.14. The van der Waals surface area contributed by atoms with Gasteiger partial charge in [-0.25, -0.2) is 4.39 Å². The fourth-order valence-corrected chi connectivity index (χ4v) is 2.01. The Hall–Kier alpha value is -1.62. The largest absolute Gasteiger partial charge is 0.379 e. The van der Waals surface area contributed by atoms with Gasteiger partial charge in [0.2, 0.25) is 0 Å². The molecule has 16 heavy (non-hydrogen) atoms. The molecule has 0 amide bonds.